The van der Waals surface area contributed by atoms with Gasteiger partial charge in [0.25, 0.3) is 11.8 Å². The minimum atomic E-state index is -3.21. The van der Waals surface area contributed by atoms with Crippen LogP contribution in [-0.2, 0) is 5.92 Å². The van der Waals surface area contributed by atoms with E-state index in [0.29, 0.717) is 16.8 Å². The zero-order chi connectivity index (χ0) is 17.9. The van der Waals surface area contributed by atoms with Crippen LogP contribution < -0.4 is 5.32 Å². The molecule has 0 radical (unpaired) electrons. The van der Waals surface area contributed by atoms with Crippen LogP contribution in [-0.4, -0.2) is 42.0 Å². The number of alkyl halides is 2. The molecule has 2 amide bonds. The summed E-state index contributed by atoms with van der Waals surface area (Å²) in [6.07, 6.45) is 0. The smallest absolute Gasteiger partial charge is 0.304 e. The van der Waals surface area contributed by atoms with Crippen LogP contribution in [0.15, 0.2) is 22.0 Å². The Kier molecular flexibility index (Phi) is 5.55. The van der Waals surface area contributed by atoms with Gasteiger partial charge >= 0.3 is 5.92 Å². The molecule has 0 aromatic carbocycles. The molecule has 0 aliphatic rings. The molecule has 0 aliphatic carbocycles. The summed E-state index contributed by atoms with van der Waals surface area (Å²) in [6.45, 7) is 1.01. The highest BCUT2D eigenvalue weighted by Gasteiger charge is 2.31. The first-order valence-electron chi connectivity index (χ1n) is 6.81. The summed E-state index contributed by atoms with van der Waals surface area (Å²) in [7, 11) is 1.47. The molecule has 0 saturated heterocycles. The molecule has 0 saturated carbocycles. The molecule has 1 N–H and O–H groups in total. The molecule has 0 atom stereocenters. The van der Waals surface area contributed by atoms with Crippen molar-refractivity contribution in [3.05, 3.63) is 38.9 Å². The van der Waals surface area contributed by atoms with Crippen LogP contribution in [0.3, 0.4) is 0 Å². The predicted molar refractivity (Wildman–Crippen MR) is 84.7 cm³/mol. The lowest BCUT2D eigenvalue weighted by molar-refractivity contribution is -0.0106. The van der Waals surface area contributed by atoms with Gasteiger partial charge < -0.3 is 14.7 Å². The summed E-state index contributed by atoms with van der Waals surface area (Å²) in [6, 6.07) is 2.45. The van der Waals surface area contributed by atoms with Gasteiger partial charge in [-0.1, -0.05) is 16.8 Å². The molecule has 2 rings (SSSR count). The zero-order valence-electron chi connectivity index (χ0n) is 12.8. The van der Waals surface area contributed by atoms with Gasteiger partial charge in [-0.25, -0.2) is 0 Å². The quantitative estimate of drug-likeness (QED) is 0.839. The number of nitrogens with zero attached hydrogens (tertiary/aromatic N) is 2. The van der Waals surface area contributed by atoms with Crippen LogP contribution in [0.1, 0.15) is 32.8 Å². The topological polar surface area (TPSA) is 75.4 Å². The van der Waals surface area contributed by atoms with E-state index in [4.69, 9.17) is 11.6 Å². The molecule has 6 nitrogen and oxygen atoms in total. The molecule has 0 spiro atoms. The number of nitrogens with one attached hydrogen (secondary N) is 1. The summed E-state index contributed by atoms with van der Waals surface area (Å²) in [4.78, 5) is 25.6. The largest absolute Gasteiger partial charge is 0.354 e. The Labute approximate surface area is 145 Å². The van der Waals surface area contributed by atoms with E-state index in [-0.39, 0.29) is 24.7 Å². The minimum absolute atomic E-state index is 0.175. The van der Waals surface area contributed by atoms with Crippen LogP contribution in [0.25, 0.3) is 0 Å². The third kappa shape index (κ3) is 4.51. The van der Waals surface area contributed by atoms with Gasteiger partial charge in [-0.3, -0.25) is 9.59 Å². The number of halogens is 3. The van der Waals surface area contributed by atoms with Crippen molar-refractivity contribution in [1.82, 2.24) is 15.4 Å². The van der Waals surface area contributed by atoms with Crippen LogP contribution in [0.5, 0.6) is 0 Å². The van der Waals surface area contributed by atoms with E-state index in [1.54, 1.807) is 5.38 Å². The number of amides is 2. The molecule has 0 aliphatic heterocycles. The van der Waals surface area contributed by atoms with Crippen molar-refractivity contribution in [2.24, 2.45) is 0 Å². The summed E-state index contributed by atoms with van der Waals surface area (Å²) in [5.74, 6) is -4.77. The molecule has 0 fully saturated rings. The van der Waals surface area contributed by atoms with Crippen molar-refractivity contribution >= 4 is 34.8 Å². The van der Waals surface area contributed by atoms with E-state index in [1.165, 1.54) is 29.4 Å². The van der Waals surface area contributed by atoms with Gasteiger partial charge in [-0.2, -0.15) is 8.78 Å². The second-order valence-electron chi connectivity index (χ2n) is 5.08. The van der Waals surface area contributed by atoms with Crippen LogP contribution >= 0.6 is 22.9 Å². The van der Waals surface area contributed by atoms with Crippen molar-refractivity contribution < 1.29 is 22.9 Å². The van der Waals surface area contributed by atoms with E-state index in [1.807, 2.05) is 0 Å². The van der Waals surface area contributed by atoms with E-state index in [0.717, 1.165) is 6.07 Å². The fourth-order valence-electron chi connectivity index (χ4n) is 1.74. The summed E-state index contributed by atoms with van der Waals surface area (Å²) >= 11 is 6.95. The molecule has 10 heteroatoms. The summed E-state index contributed by atoms with van der Waals surface area (Å²) in [5.41, 5.74) is -0.217. The number of carbonyl (C=O) groups is 2. The fourth-order valence-corrected chi connectivity index (χ4v) is 2.73. The number of carbonyl (C=O) groups excluding carboxylic acids is 2. The van der Waals surface area contributed by atoms with Gasteiger partial charge in [0.05, 0.1) is 9.90 Å². The lowest BCUT2D eigenvalue weighted by Crippen LogP contribution is -2.36. The van der Waals surface area contributed by atoms with Crippen LogP contribution in [0.4, 0.5) is 8.78 Å². The Morgan fingerprint density at radius 1 is 1.46 bits per heavy atom. The maximum Gasteiger partial charge on any atom is 0.304 e. The third-order valence-corrected chi connectivity index (χ3v) is 4.31. The third-order valence-electron chi connectivity index (χ3n) is 3.03. The molecule has 2 aromatic heterocycles. The monoisotopic (exact) mass is 377 g/mol. The number of rotatable bonds is 6. The standard InChI is InChI=1S/C14H14ClF2N3O3S/c1-14(16,17)11-6-9(19-23-11)13(22)20(2)4-3-18-12(21)10-5-8(15)7-24-10/h5-7H,3-4H2,1-2H3,(H,18,21). The highest BCUT2D eigenvalue weighted by Crippen LogP contribution is 2.27. The highest BCUT2D eigenvalue weighted by atomic mass is 35.5. The molecule has 0 unspecified atom stereocenters. The second-order valence-corrected chi connectivity index (χ2v) is 6.42. The number of likely N-dealkylation sites (N-methyl/N-ethyl adjacent to an activating group) is 1. The Bertz CT molecular complexity index is 742. The number of aromatic nitrogens is 1. The number of hydrogen-bond donors (Lipinski definition) is 1. The van der Waals surface area contributed by atoms with Crippen LogP contribution in [0.2, 0.25) is 5.02 Å². The van der Waals surface area contributed by atoms with Gasteiger partial charge in [-0.15, -0.1) is 11.3 Å². The summed E-state index contributed by atoms with van der Waals surface area (Å²) in [5, 5.41) is 8.10. The Morgan fingerprint density at radius 3 is 2.71 bits per heavy atom. The summed E-state index contributed by atoms with van der Waals surface area (Å²) < 4.78 is 30.6. The van der Waals surface area contributed by atoms with Gasteiger partial charge in [0.2, 0.25) is 5.76 Å². The van der Waals surface area contributed by atoms with E-state index in [9.17, 15) is 18.4 Å². The van der Waals surface area contributed by atoms with Crippen molar-refractivity contribution in [3.8, 4) is 0 Å². The van der Waals surface area contributed by atoms with Crippen molar-refractivity contribution in [1.29, 1.82) is 0 Å². The highest BCUT2D eigenvalue weighted by molar-refractivity contribution is 7.12. The second kappa shape index (κ2) is 7.27. The minimum Gasteiger partial charge on any atom is -0.354 e. The predicted octanol–water partition coefficient (Wildman–Crippen LogP) is 3.00. The van der Waals surface area contributed by atoms with Crippen molar-refractivity contribution in [3.63, 3.8) is 0 Å². The van der Waals surface area contributed by atoms with Crippen LogP contribution in [0, 0.1) is 0 Å². The van der Waals surface area contributed by atoms with E-state index >= 15 is 0 Å². The molecule has 24 heavy (non-hydrogen) atoms. The lowest BCUT2D eigenvalue weighted by Gasteiger charge is -2.15. The fraction of sp³-hybridized carbons (Fsp3) is 0.357. The molecule has 0 bridgehead atoms. The number of thiophene rings is 1. The van der Waals surface area contributed by atoms with Gasteiger partial charge in [0.15, 0.2) is 5.69 Å². The molecular weight excluding hydrogens is 364 g/mol. The van der Waals surface area contributed by atoms with Gasteiger partial charge in [0, 0.05) is 38.5 Å². The first-order chi connectivity index (χ1) is 11.2. The zero-order valence-corrected chi connectivity index (χ0v) is 14.4. The molecule has 130 valence electrons. The first-order valence-corrected chi connectivity index (χ1v) is 8.07. The van der Waals surface area contributed by atoms with Gasteiger partial charge in [-0.05, 0) is 6.07 Å². The Morgan fingerprint density at radius 2 is 2.17 bits per heavy atom. The first kappa shape index (κ1) is 18.3. The van der Waals surface area contributed by atoms with Gasteiger partial charge in [0.1, 0.15) is 0 Å². The SMILES string of the molecule is CN(CCNC(=O)c1cc(Cl)cs1)C(=O)c1cc(C(C)(F)F)on1. The van der Waals surface area contributed by atoms with E-state index in [2.05, 4.69) is 15.0 Å². The Hall–Kier alpha value is -2.00. The molecular formula is C14H14ClF2N3O3S. The van der Waals surface area contributed by atoms with Crippen molar-refractivity contribution in [2.45, 2.75) is 12.8 Å². The maximum absolute atomic E-state index is 13.1. The number of hydrogen-bond acceptors (Lipinski definition) is 5. The lowest BCUT2D eigenvalue weighted by atomic mass is 10.2. The average molecular weight is 378 g/mol. The normalized spacial score (nSPS) is 11.4. The Balaban J connectivity index is 1.86. The average Bonchev–Trinajstić information content (AvgIpc) is 3.14. The maximum atomic E-state index is 13.1. The molecule has 2 aromatic rings. The molecule has 2 heterocycles. The van der Waals surface area contributed by atoms with Crippen molar-refractivity contribution in [2.75, 3.05) is 20.1 Å². The van der Waals surface area contributed by atoms with E-state index < -0.39 is 17.6 Å².